The van der Waals surface area contributed by atoms with Gasteiger partial charge in [-0.25, -0.2) is 9.97 Å². The normalized spacial score (nSPS) is 9.93. The third kappa shape index (κ3) is 4.58. The molecule has 0 unspecified atom stereocenters. The van der Waals surface area contributed by atoms with E-state index in [9.17, 15) is 4.79 Å². The van der Waals surface area contributed by atoms with E-state index in [2.05, 4.69) is 26.7 Å². The summed E-state index contributed by atoms with van der Waals surface area (Å²) in [7, 11) is 0. The van der Waals surface area contributed by atoms with Crippen molar-refractivity contribution in [2.75, 3.05) is 17.2 Å². The molecule has 0 atom stereocenters. The number of nitrogens with one attached hydrogen (secondary N) is 2. The van der Waals surface area contributed by atoms with Crippen LogP contribution in [0, 0.1) is 11.3 Å². The molecule has 0 saturated heterocycles. The van der Waals surface area contributed by atoms with Gasteiger partial charge in [-0.05, 0) is 43.3 Å². The van der Waals surface area contributed by atoms with Crippen molar-refractivity contribution in [2.24, 2.45) is 0 Å². The van der Waals surface area contributed by atoms with E-state index in [4.69, 9.17) is 10.00 Å². The van der Waals surface area contributed by atoms with Crippen molar-refractivity contribution < 1.29 is 9.53 Å². The monoisotopic (exact) mass is 359 g/mol. The number of benzene rings is 2. The average molecular weight is 359 g/mol. The van der Waals surface area contributed by atoms with Crippen LogP contribution < -0.4 is 15.4 Å². The van der Waals surface area contributed by atoms with E-state index in [0.29, 0.717) is 29.4 Å². The van der Waals surface area contributed by atoms with Crippen LogP contribution in [0.3, 0.4) is 0 Å². The topological polar surface area (TPSA) is 99.9 Å². The molecule has 27 heavy (non-hydrogen) atoms. The minimum atomic E-state index is -0.365. The summed E-state index contributed by atoms with van der Waals surface area (Å²) in [4.78, 5) is 20.6. The highest BCUT2D eigenvalue weighted by Gasteiger charge is 2.09. The van der Waals surface area contributed by atoms with Crippen molar-refractivity contribution in [3.8, 4) is 11.8 Å². The molecule has 2 N–H and O–H groups in total. The van der Waals surface area contributed by atoms with E-state index in [1.165, 1.54) is 12.4 Å². The lowest BCUT2D eigenvalue weighted by Crippen LogP contribution is -2.14. The van der Waals surface area contributed by atoms with Crippen molar-refractivity contribution in [2.45, 2.75) is 6.92 Å². The zero-order valence-electron chi connectivity index (χ0n) is 14.6. The Labute approximate surface area is 156 Å². The summed E-state index contributed by atoms with van der Waals surface area (Å²) >= 11 is 0. The Morgan fingerprint density at radius 3 is 2.56 bits per heavy atom. The smallest absolute Gasteiger partial charge is 0.275 e. The Morgan fingerprint density at radius 1 is 1.11 bits per heavy atom. The lowest BCUT2D eigenvalue weighted by Gasteiger charge is -2.08. The van der Waals surface area contributed by atoms with Gasteiger partial charge in [0.05, 0.1) is 30.3 Å². The number of hydrogen-bond acceptors (Lipinski definition) is 6. The first kappa shape index (κ1) is 17.9. The molecule has 1 aromatic heterocycles. The zero-order chi connectivity index (χ0) is 19.1. The van der Waals surface area contributed by atoms with E-state index in [1.807, 2.05) is 13.0 Å². The maximum absolute atomic E-state index is 12.3. The number of nitriles is 1. The van der Waals surface area contributed by atoms with Crippen LogP contribution in [-0.4, -0.2) is 22.5 Å². The molecular weight excluding hydrogens is 342 g/mol. The van der Waals surface area contributed by atoms with Crippen LogP contribution in [0.4, 0.5) is 17.2 Å². The van der Waals surface area contributed by atoms with Crippen LogP contribution in [0.1, 0.15) is 23.0 Å². The number of rotatable bonds is 6. The Morgan fingerprint density at radius 2 is 1.89 bits per heavy atom. The van der Waals surface area contributed by atoms with Gasteiger partial charge in [-0.2, -0.15) is 5.26 Å². The van der Waals surface area contributed by atoms with Crippen molar-refractivity contribution >= 4 is 23.1 Å². The van der Waals surface area contributed by atoms with E-state index >= 15 is 0 Å². The number of carbonyl (C=O) groups is 1. The number of para-hydroxylation sites is 1. The van der Waals surface area contributed by atoms with Gasteiger partial charge >= 0.3 is 0 Å². The third-order valence-electron chi connectivity index (χ3n) is 3.62. The summed E-state index contributed by atoms with van der Waals surface area (Å²) in [5, 5.41) is 14.9. The van der Waals surface area contributed by atoms with Gasteiger partial charge in [-0.3, -0.25) is 4.79 Å². The second-order valence-electron chi connectivity index (χ2n) is 5.48. The first-order chi connectivity index (χ1) is 13.2. The molecule has 0 fully saturated rings. The van der Waals surface area contributed by atoms with Crippen LogP contribution in [0.2, 0.25) is 0 Å². The van der Waals surface area contributed by atoms with E-state index < -0.39 is 0 Å². The number of amides is 1. The number of anilines is 3. The number of carbonyl (C=O) groups excluding carboxylic acids is 1. The van der Waals surface area contributed by atoms with E-state index in [0.717, 1.165) is 5.75 Å². The highest BCUT2D eigenvalue weighted by Crippen LogP contribution is 2.19. The molecule has 0 aliphatic rings. The Kier molecular flexibility index (Phi) is 5.60. The van der Waals surface area contributed by atoms with E-state index in [-0.39, 0.29) is 11.6 Å². The van der Waals surface area contributed by atoms with Crippen LogP contribution >= 0.6 is 0 Å². The maximum atomic E-state index is 12.3. The summed E-state index contributed by atoms with van der Waals surface area (Å²) in [5.41, 5.74) is 1.94. The van der Waals surface area contributed by atoms with Crippen LogP contribution in [0.15, 0.2) is 60.9 Å². The SMILES string of the molecule is CCOc1ccc(NC(=O)c2cnc(Nc3ccccc3C#N)cn2)cc1. The predicted molar refractivity (Wildman–Crippen MR) is 102 cm³/mol. The number of nitrogens with zero attached hydrogens (tertiary/aromatic N) is 3. The molecule has 0 spiro atoms. The third-order valence-corrected chi connectivity index (χ3v) is 3.62. The lowest BCUT2D eigenvalue weighted by atomic mass is 10.2. The summed E-state index contributed by atoms with van der Waals surface area (Å²) < 4.78 is 5.37. The lowest BCUT2D eigenvalue weighted by molar-refractivity contribution is 0.102. The summed E-state index contributed by atoms with van der Waals surface area (Å²) in [6, 6.07) is 16.2. The second-order valence-corrected chi connectivity index (χ2v) is 5.48. The quantitative estimate of drug-likeness (QED) is 0.695. The van der Waals surface area contributed by atoms with Gasteiger partial charge in [0.1, 0.15) is 23.3 Å². The minimum absolute atomic E-state index is 0.183. The first-order valence-corrected chi connectivity index (χ1v) is 8.32. The molecule has 2 aromatic carbocycles. The number of ether oxygens (including phenoxy) is 1. The van der Waals surface area contributed by atoms with Crippen LogP contribution in [0.5, 0.6) is 5.75 Å². The van der Waals surface area contributed by atoms with Gasteiger partial charge in [0.15, 0.2) is 0 Å². The zero-order valence-corrected chi connectivity index (χ0v) is 14.6. The van der Waals surface area contributed by atoms with Gasteiger partial charge in [-0.1, -0.05) is 12.1 Å². The molecule has 1 heterocycles. The molecule has 1 amide bonds. The van der Waals surface area contributed by atoms with Crippen molar-refractivity contribution in [3.63, 3.8) is 0 Å². The van der Waals surface area contributed by atoms with Crippen molar-refractivity contribution in [1.29, 1.82) is 5.26 Å². The van der Waals surface area contributed by atoms with Gasteiger partial charge in [0, 0.05) is 5.69 Å². The molecule has 3 aromatic rings. The molecule has 0 aliphatic heterocycles. The standard InChI is InChI=1S/C20H17N5O2/c1-2-27-16-9-7-15(8-10-16)24-20(26)18-12-23-19(13-22-18)25-17-6-4-3-5-14(17)11-21/h3-10,12-13H,2H2,1H3,(H,23,25)(H,24,26). The fourth-order valence-corrected chi connectivity index (χ4v) is 2.33. The van der Waals surface area contributed by atoms with Gasteiger partial charge in [0.2, 0.25) is 0 Å². The van der Waals surface area contributed by atoms with Crippen molar-refractivity contribution in [1.82, 2.24) is 9.97 Å². The Balaban J connectivity index is 1.66. The number of aromatic nitrogens is 2. The Hall–Kier alpha value is -3.92. The molecule has 7 nitrogen and oxygen atoms in total. The van der Waals surface area contributed by atoms with Crippen LogP contribution in [0.25, 0.3) is 0 Å². The fourth-order valence-electron chi connectivity index (χ4n) is 2.33. The highest BCUT2D eigenvalue weighted by atomic mass is 16.5. The largest absolute Gasteiger partial charge is 0.494 e. The van der Waals surface area contributed by atoms with Gasteiger partial charge in [0.25, 0.3) is 5.91 Å². The second kappa shape index (κ2) is 8.45. The molecule has 0 radical (unpaired) electrons. The molecule has 0 saturated carbocycles. The van der Waals surface area contributed by atoms with Crippen molar-refractivity contribution in [3.05, 3.63) is 72.2 Å². The Bertz CT molecular complexity index is 963. The average Bonchev–Trinajstić information content (AvgIpc) is 2.70. The van der Waals surface area contributed by atoms with Gasteiger partial charge < -0.3 is 15.4 Å². The maximum Gasteiger partial charge on any atom is 0.275 e. The fraction of sp³-hybridized carbons (Fsp3) is 0.100. The molecule has 7 heteroatoms. The summed E-state index contributed by atoms with van der Waals surface area (Å²) in [6.07, 6.45) is 2.82. The molecule has 0 bridgehead atoms. The highest BCUT2D eigenvalue weighted by molar-refractivity contribution is 6.02. The molecule has 0 aliphatic carbocycles. The molecular formula is C20H17N5O2. The van der Waals surface area contributed by atoms with Gasteiger partial charge in [-0.15, -0.1) is 0 Å². The predicted octanol–water partition coefficient (Wildman–Crippen LogP) is 3.74. The van der Waals surface area contributed by atoms with Crippen LogP contribution in [-0.2, 0) is 0 Å². The number of hydrogen-bond donors (Lipinski definition) is 2. The first-order valence-electron chi connectivity index (χ1n) is 8.32. The van der Waals surface area contributed by atoms with E-state index in [1.54, 1.807) is 42.5 Å². The molecule has 3 rings (SSSR count). The molecule has 134 valence electrons. The summed E-state index contributed by atoms with van der Waals surface area (Å²) in [6.45, 7) is 2.49. The summed E-state index contributed by atoms with van der Waals surface area (Å²) in [5.74, 6) is 0.814. The minimum Gasteiger partial charge on any atom is -0.494 e.